The Morgan fingerprint density at radius 2 is 1.69 bits per heavy atom. The third kappa shape index (κ3) is 6.88. The second kappa shape index (κ2) is 10.0. The van der Waals surface area contributed by atoms with Gasteiger partial charge in [0.15, 0.2) is 0 Å². The zero-order valence-electron chi connectivity index (χ0n) is 17.2. The van der Waals surface area contributed by atoms with Crippen LogP contribution < -0.4 is 10.6 Å². The lowest BCUT2D eigenvalue weighted by atomic mass is 10.00. The van der Waals surface area contributed by atoms with Crippen LogP contribution in [-0.2, 0) is 16.1 Å². The highest BCUT2D eigenvalue weighted by molar-refractivity contribution is 6.02. The summed E-state index contributed by atoms with van der Waals surface area (Å²) in [7, 11) is 0. The van der Waals surface area contributed by atoms with E-state index in [-0.39, 0.29) is 11.8 Å². The van der Waals surface area contributed by atoms with E-state index in [0.717, 1.165) is 35.9 Å². The van der Waals surface area contributed by atoms with Gasteiger partial charge in [-0.25, -0.2) is 0 Å². The third-order valence-corrected chi connectivity index (χ3v) is 5.03. The molecule has 1 heterocycles. The Labute approximate surface area is 172 Å². The van der Waals surface area contributed by atoms with Crippen molar-refractivity contribution in [3.8, 4) is 0 Å². The molecule has 0 bridgehead atoms. The van der Waals surface area contributed by atoms with Gasteiger partial charge in [0.05, 0.1) is 0 Å². The molecule has 1 atom stereocenters. The molecule has 2 N–H and O–H groups in total. The number of anilines is 2. The van der Waals surface area contributed by atoms with E-state index in [1.54, 1.807) is 18.2 Å². The van der Waals surface area contributed by atoms with E-state index in [4.69, 9.17) is 0 Å². The number of hydrogen-bond acceptors (Lipinski definition) is 3. The quantitative estimate of drug-likeness (QED) is 0.711. The Morgan fingerprint density at radius 3 is 2.34 bits per heavy atom. The van der Waals surface area contributed by atoms with Crippen molar-refractivity contribution in [1.29, 1.82) is 0 Å². The molecule has 5 heteroatoms. The maximum absolute atomic E-state index is 12.2. The van der Waals surface area contributed by atoms with Crippen molar-refractivity contribution in [2.24, 2.45) is 5.92 Å². The fraction of sp³-hybridized carbons (Fsp3) is 0.333. The molecule has 2 amide bonds. The van der Waals surface area contributed by atoms with Gasteiger partial charge in [-0.05, 0) is 66.8 Å². The first-order valence-electron chi connectivity index (χ1n) is 10.2. The first kappa shape index (κ1) is 20.8. The first-order valence-corrected chi connectivity index (χ1v) is 10.2. The summed E-state index contributed by atoms with van der Waals surface area (Å²) in [6, 6.07) is 15.4. The number of amides is 2. The number of likely N-dealkylation sites (tertiary alicyclic amines) is 1. The topological polar surface area (TPSA) is 61.4 Å². The smallest absolute Gasteiger partial charge is 0.248 e. The molecule has 2 aromatic carbocycles. The highest BCUT2D eigenvalue weighted by atomic mass is 16.2. The van der Waals surface area contributed by atoms with Crippen molar-refractivity contribution in [2.75, 3.05) is 23.7 Å². The van der Waals surface area contributed by atoms with Crippen LogP contribution in [0, 0.1) is 5.92 Å². The summed E-state index contributed by atoms with van der Waals surface area (Å²) in [5.41, 5.74) is 3.68. The first-order chi connectivity index (χ1) is 14.0. The number of rotatable bonds is 6. The largest absolute Gasteiger partial charge is 0.326 e. The van der Waals surface area contributed by atoms with E-state index in [9.17, 15) is 9.59 Å². The summed E-state index contributed by atoms with van der Waals surface area (Å²) in [5.74, 6) is 0.494. The summed E-state index contributed by atoms with van der Waals surface area (Å²) < 4.78 is 0. The van der Waals surface area contributed by atoms with Gasteiger partial charge >= 0.3 is 0 Å². The molecule has 0 saturated carbocycles. The lowest BCUT2D eigenvalue weighted by molar-refractivity contribution is -0.114. The van der Waals surface area contributed by atoms with Gasteiger partial charge in [-0.3, -0.25) is 14.5 Å². The molecule has 0 aliphatic carbocycles. The summed E-state index contributed by atoms with van der Waals surface area (Å²) in [4.78, 5) is 25.7. The highest BCUT2D eigenvalue weighted by Crippen LogP contribution is 2.19. The number of nitrogens with zero attached hydrogens (tertiary/aromatic N) is 1. The van der Waals surface area contributed by atoms with Gasteiger partial charge in [-0.2, -0.15) is 0 Å². The van der Waals surface area contributed by atoms with Crippen molar-refractivity contribution in [1.82, 2.24) is 4.90 Å². The predicted molar refractivity (Wildman–Crippen MR) is 119 cm³/mol. The number of carbonyl (C=O) groups excluding carboxylic acids is 2. The third-order valence-electron chi connectivity index (χ3n) is 5.03. The molecule has 1 saturated heterocycles. The molecule has 0 radical (unpaired) electrons. The molecule has 1 aliphatic rings. The Balaban J connectivity index is 1.49. The van der Waals surface area contributed by atoms with E-state index < -0.39 is 0 Å². The van der Waals surface area contributed by atoms with E-state index in [1.807, 2.05) is 24.3 Å². The molecule has 1 aliphatic heterocycles. The predicted octanol–water partition coefficient (Wildman–Crippen LogP) is 4.53. The average Bonchev–Trinajstić information content (AvgIpc) is 2.69. The van der Waals surface area contributed by atoms with Crippen LogP contribution in [0.3, 0.4) is 0 Å². The van der Waals surface area contributed by atoms with Crippen LogP contribution in [0.5, 0.6) is 0 Å². The lowest BCUT2D eigenvalue weighted by Crippen LogP contribution is -2.33. The Morgan fingerprint density at radius 1 is 1.03 bits per heavy atom. The van der Waals surface area contributed by atoms with Crippen LogP contribution >= 0.6 is 0 Å². The zero-order chi connectivity index (χ0) is 20.6. The summed E-state index contributed by atoms with van der Waals surface area (Å²) in [5, 5.41) is 5.61. The van der Waals surface area contributed by atoms with E-state index in [0.29, 0.717) is 0 Å². The molecule has 29 heavy (non-hydrogen) atoms. The SMILES string of the molecule is CC(=O)Nc1ccc(/C=C/C(=O)Nc2ccc(CN3CCCC(C)C3)cc2)cc1. The molecule has 1 unspecified atom stereocenters. The van der Waals surface area contributed by atoms with Crippen LogP contribution in [0.25, 0.3) is 6.08 Å². The van der Waals surface area contributed by atoms with E-state index in [2.05, 4.69) is 34.6 Å². The highest BCUT2D eigenvalue weighted by Gasteiger charge is 2.16. The fourth-order valence-electron chi connectivity index (χ4n) is 3.62. The Hall–Kier alpha value is -2.92. The second-order valence-electron chi connectivity index (χ2n) is 7.81. The van der Waals surface area contributed by atoms with Crippen molar-refractivity contribution in [3.63, 3.8) is 0 Å². The molecular formula is C24H29N3O2. The van der Waals surface area contributed by atoms with Crippen LogP contribution in [0.4, 0.5) is 11.4 Å². The molecule has 5 nitrogen and oxygen atoms in total. The monoisotopic (exact) mass is 391 g/mol. The summed E-state index contributed by atoms with van der Waals surface area (Å²) >= 11 is 0. The van der Waals surface area contributed by atoms with Gasteiger partial charge in [0.1, 0.15) is 0 Å². The van der Waals surface area contributed by atoms with Gasteiger partial charge in [-0.15, -0.1) is 0 Å². The minimum absolute atomic E-state index is 0.107. The normalized spacial score (nSPS) is 17.2. The average molecular weight is 392 g/mol. The standard InChI is InChI=1S/C24H29N3O2/c1-18-4-3-15-27(16-18)17-21-7-12-23(13-8-21)26-24(29)14-9-20-5-10-22(11-6-20)25-19(2)28/h5-14,18H,3-4,15-17H2,1-2H3,(H,25,28)(H,26,29)/b14-9+. The minimum atomic E-state index is -0.173. The molecule has 0 spiro atoms. The molecule has 3 rings (SSSR count). The number of hydrogen-bond donors (Lipinski definition) is 2. The van der Waals surface area contributed by atoms with Crippen molar-refractivity contribution < 1.29 is 9.59 Å². The minimum Gasteiger partial charge on any atom is -0.326 e. The van der Waals surface area contributed by atoms with E-state index >= 15 is 0 Å². The summed E-state index contributed by atoms with van der Waals surface area (Å²) in [6.07, 6.45) is 5.86. The van der Waals surface area contributed by atoms with Crippen molar-refractivity contribution >= 4 is 29.3 Å². The van der Waals surface area contributed by atoms with Crippen LogP contribution in [0.2, 0.25) is 0 Å². The van der Waals surface area contributed by atoms with Gasteiger partial charge < -0.3 is 10.6 Å². The number of piperidine rings is 1. The van der Waals surface area contributed by atoms with Gasteiger partial charge in [0.2, 0.25) is 11.8 Å². The molecule has 1 fully saturated rings. The van der Waals surface area contributed by atoms with Gasteiger partial charge in [-0.1, -0.05) is 31.2 Å². The number of carbonyl (C=O) groups is 2. The number of nitrogens with one attached hydrogen (secondary N) is 2. The Kier molecular flexibility index (Phi) is 7.19. The van der Waals surface area contributed by atoms with Crippen molar-refractivity contribution in [2.45, 2.75) is 33.2 Å². The Bertz CT molecular complexity index is 857. The maximum Gasteiger partial charge on any atom is 0.248 e. The van der Waals surface area contributed by atoms with Crippen molar-refractivity contribution in [3.05, 3.63) is 65.7 Å². The molecular weight excluding hydrogens is 362 g/mol. The number of benzene rings is 2. The maximum atomic E-state index is 12.2. The fourth-order valence-corrected chi connectivity index (χ4v) is 3.62. The van der Waals surface area contributed by atoms with Crippen LogP contribution in [0.15, 0.2) is 54.6 Å². The molecule has 0 aromatic heterocycles. The second-order valence-corrected chi connectivity index (χ2v) is 7.81. The zero-order valence-corrected chi connectivity index (χ0v) is 17.2. The summed E-state index contributed by atoms with van der Waals surface area (Å²) in [6.45, 7) is 7.08. The van der Waals surface area contributed by atoms with E-state index in [1.165, 1.54) is 37.9 Å². The lowest BCUT2D eigenvalue weighted by Gasteiger charge is -2.30. The molecule has 152 valence electrons. The molecule has 2 aromatic rings. The van der Waals surface area contributed by atoms with Gasteiger partial charge in [0, 0.05) is 37.5 Å². The van der Waals surface area contributed by atoms with Crippen LogP contribution in [-0.4, -0.2) is 29.8 Å². The van der Waals surface area contributed by atoms with Gasteiger partial charge in [0.25, 0.3) is 0 Å². The van der Waals surface area contributed by atoms with Crippen LogP contribution in [0.1, 0.15) is 37.8 Å².